The summed E-state index contributed by atoms with van der Waals surface area (Å²) in [5.74, 6) is 0.153. The van der Waals surface area contributed by atoms with Gasteiger partial charge in [-0.2, -0.15) is 0 Å². The van der Waals surface area contributed by atoms with Gasteiger partial charge in [0.15, 0.2) is 0 Å². The molecule has 2 aliphatic rings. The Labute approximate surface area is 132 Å². The highest BCUT2D eigenvalue weighted by molar-refractivity contribution is 6.10. The van der Waals surface area contributed by atoms with Crippen molar-refractivity contribution in [2.45, 2.75) is 30.6 Å². The summed E-state index contributed by atoms with van der Waals surface area (Å²) in [6.45, 7) is 0. The van der Waals surface area contributed by atoms with Crippen molar-refractivity contribution in [3.8, 4) is 0 Å². The van der Waals surface area contributed by atoms with Crippen LogP contribution in [0.2, 0.25) is 0 Å². The minimum Gasteiger partial charge on any atom is -0.358 e. The highest BCUT2D eigenvalue weighted by atomic mass is 16.6. The number of aromatic amines is 1. The summed E-state index contributed by atoms with van der Waals surface area (Å²) in [4.78, 5) is 30.6. The molecular weight excluding hydrogens is 294 g/mol. The van der Waals surface area contributed by atoms with E-state index >= 15 is 0 Å². The minimum atomic E-state index is -0.731. The number of carbonyl (C=O) groups is 1. The number of para-hydroxylation sites is 1. The SMILES string of the molecule is O=C1CCC(c2cc[nH]c2[N+](=O)[O-])CC12C=Nc1ccccc12. The molecule has 23 heavy (non-hydrogen) atoms. The van der Waals surface area contributed by atoms with E-state index in [1.54, 1.807) is 18.5 Å². The molecule has 2 heterocycles. The van der Waals surface area contributed by atoms with Gasteiger partial charge < -0.3 is 10.1 Å². The number of aromatic nitrogens is 1. The number of Topliss-reactive ketones (excluding diaryl/α,β-unsaturated/α-hetero) is 1. The lowest BCUT2D eigenvalue weighted by atomic mass is 9.65. The number of benzene rings is 1. The molecule has 116 valence electrons. The topological polar surface area (TPSA) is 88.4 Å². The maximum absolute atomic E-state index is 12.7. The molecule has 1 aromatic carbocycles. The average molecular weight is 309 g/mol. The molecule has 1 aromatic heterocycles. The number of ketones is 1. The van der Waals surface area contributed by atoms with Gasteiger partial charge in [-0.1, -0.05) is 18.2 Å². The van der Waals surface area contributed by atoms with Crippen LogP contribution in [0.25, 0.3) is 0 Å². The number of nitrogens with one attached hydrogen (secondary N) is 1. The summed E-state index contributed by atoms with van der Waals surface area (Å²) in [6.07, 6.45) is 4.91. The number of H-pyrrole nitrogens is 1. The number of hydrogen-bond acceptors (Lipinski definition) is 4. The van der Waals surface area contributed by atoms with E-state index < -0.39 is 10.3 Å². The standard InChI is InChI=1S/C17H15N3O3/c21-15-6-5-11(12-7-8-18-16(12)20(22)23)9-17(15)10-19-14-4-2-1-3-13(14)17/h1-4,7-8,10-11,18H,5-6,9H2. The van der Waals surface area contributed by atoms with Crippen LogP contribution in [-0.4, -0.2) is 21.9 Å². The number of aliphatic imine (C=N–C) groups is 1. The molecule has 6 nitrogen and oxygen atoms in total. The van der Waals surface area contributed by atoms with Crippen molar-refractivity contribution in [2.24, 2.45) is 4.99 Å². The van der Waals surface area contributed by atoms with E-state index in [0.717, 1.165) is 11.3 Å². The van der Waals surface area contributed by atoms with Gasteiger partial charge in [0.1, 0.15) is 5.78 Å². The number of nitro groups is 1. The fourth-order valence-electron chi connectivity index (χ4n) is 3.86. The van der Waals surface area contributed by atoms with Crippen molar-refractivity contribution >= 4 is 23.5 Å². The monoisotopic (exact) mass is 309 g/mol. The van der Waals surface area contributed by atoms with Gasteiger partial charge in [0.2, 0.25) is 0 Å². The molecule has 2 unspecified atom stereocenters. The van der Waals surface area contributed by atoms with Gasteiger partial charge in [-0.25, -0.2) is 4.98 Å². The zero-order valence-electron chi connectivity index (χ0n) is 12.4. The fraction of sp³-hybridized carbons (Fsp3) is 0.294. The fourth-order valence-corrected chi connectivity index (χ4v) is 3.86. The van der Waals surface area contributed by atoms with E-state index in [9.17, 15) is 14.9 Å². The minimum absolute atomic E-state index is 0.0303. The predicted octanol–water partition coefficient (Wildman–Crippen LogP) is 3.41. The van der Waals surface area contributed by atoms with Crippen molar-refractivity contribution in [1.82, 2.24) is 4.98 Å². The Kier molecular flexibility index (Phi) is 2.94. The lowest BCUT2D eigenvalue weighted by molar-refractivity contribution is -0.390. The van der Waals surface area contributed by atoms with Crippen LogP contribution >= 0.6 is 0 Å². The van der Waals surface area contributed by atoms with Crippen molar-refractivity contribution in [3.63, 3.8) is 0 Å². The third kappa shape index (κ3) is 1.94. The highest BCUT2D eigenvalue weighted by Crippen LogP contribution is 2.49. The van der Waals surface area contributed by atoms with E-state index in [2.05, 4.69) is 9.98 Å². The first-order valence-electron chi connectivity index (χ1n) is 7.61. The van der Waals surface area contributed by atoms with Gasteiger partial charge in [-0.15, -0.1) is 0 Å². The maximum atomic E-state index is 12.7. The zero-order valence-corrected chi connectivity index (χ0v) is 12.4. The third-order valence-electron chi connectivity index (χ3n) is 4.97. The molecular formula is C17H15N3O3. The molecule has 6 heteroatoms. The quantitative estimate of drug-likeness (QED) is 0.681. The second-order valence-corrected chi connectivity index (χ2v) is 6.15. The van der Waals surface area contributed by atoms with Crippen molar-refractivity contribution in [1.29, 1.82) is 0 Å². The molecule has 1 spiro atoms. The molecule has 0 radical (unpaired) electrons. The van der Waals surface area contributed by atoms with Crippen LogP contribution in [0.5, 0.6) is 0 Å². The molecule has 2 atom stereocenters. The number of nitrogens with zero attached hydrogens (tertiary/aromatic N) is 2. The Hall–Kier alpha value is -2.76. The summed E-state index contributed by atoms with van der Waals surface area (Å²) >= 11 is 0. The van der Waals surface area contributed by atoms with Crippen LogP contribution < -0.4 is 0 Å². The second kappa shape index (κ2) is 4.87. The Morgan fingerprint density at radius 2 is 2.13 bits per heavy atom. The van der Waals surface area contributed by atoms with E-state index in [1.807, 2.05) is 24.3 Å². The summed E-state index contributed by atoms with van der Waals surface area (Å²) in [7, 11) is 0. The van der Waals surface area contributed by atoms with Gasteiger partial charge in [0.05, 0.1) is 22.9 Å². The Balaban J connectivity index is 1.76. The number of fused-ring (bicyclic) bond motifs is 2. The van der Waals surface area contributed by atoms with E-state index in [-0.39, 0.29) is 17.5 Å². The molecule has 1 fully saturated rings. The van der Waals surface area contributed by atoms with Crippen LogP contribution in [0.1, 0.15) is 36.3 Å². The summed E-state index contributed by atoms with van der Waals surface area (Å²) in [5, 5.41) is 11.2. The molecule has 1 saturated carbocycles. The normalized spacial score (nSPS) is 25.7. The van der Waals surface area contributed by atoms with E-state index in [1.165, 1.54) is 0 Å². The molecule has 1 aliphatic heterocycles. The molecule has 0 amide bonds. The Morgan fingerprint density at radius 3 is 2.96 bits per heavy atom. The van der Waals surface area contributed by atoms with Crippen molar-refractivity contribution in [2.75, 3.05) is 0 Å². The third-order valence-corrected chi connectivity index (χ3v) is 4.97. The summed E-state index contributed by atoms with van der Waals surface area (Å²) in [5.41, 5.74) is 1.70. The number of carbonyl (C=O) groups excluding carboxylic acids is 1. The summed E-state index contributed by atoms with van der Waals surface area (Å²) < 4.78 is 0. The van der Waals surface area contributed by atoms with E-state index in [4.69, 9.17) is 0 Å². The van der Waals surface area contributed by atoms with Crippen LogP contribution in [0.15, 0.2) is 41.5 Å². The molecule has 0 bridgehead atoms. The first kappa shape index (κ1) is 13.9. The van der Waals surface area contributed by atoms with Crippen molar-refractivity contribution in [3.05, 3.63) is 57.8 Å². The van der Waals surface area contributed by atoms with Crippen molar-refractivity contribution < 1.29 is 9.72 Å². The van der Waals surface area contributed by atoms with E-state index in [0.29, 0.717) is 24.8 Å². The Bertz CT molecular complexity index is 839. The van der Waals surface area contributed by atoms with Crippen LogP contribution in [-0.2, 0) is 10.2 Å². The first-order chi connectivity index (χ1) is 11.1. The molecule has 1 N–H and O–H groups in total. The summed E-state index contributed by atoms with van der Waals surface area (Å²) in [6, 6.07) is 9.40. The lowest BCUT2D eigenvalue weighted by Gasteiger charge is -2.35. The molecule has 0 saturated heterocycles. The number of rotatable bonds is 2. The maximum Gasteiger partial charge on any atom is 0.324 e. The molecule has 1 aliphatic carbocycles. The largest absolute Gasteiger partial charge is 0.358 e. The predicted molar refractivity (Wildman–Crippen MR) is 85.3 cm³/mol. The van der Waals surface area contributed by atoms with Gasteiger partial charge in [0.25, 0.3) is 0 Å². The van der Waals surface area contributed by atoms with Crippen LogP contribution in [0, 0.1) is 10.1 Å². The van der Waals surface area contributed by atoms with Crippen LogP contribution in [0.4, 0.5) is 11.5 Å². The Morgan fingerprint density at radius 1 is 1.30 bits per heavy atom. The molecule has 2 aromatic rings. The van der Waals surface area contributed by atoms with Gasteiger partial charge in [-0.3, -0.25) is 9.79 Å². The van der Waals surface area contributed by atoms with Crippen LogP contribution in [0.3, 0.4) is 0 Å². The molecule has 4 rings (SSSR count). The van der Waals surface area contributed by atoms with Gasteiger partial charge in [-0.05, 0) is 41.4 Å². The lowest BCUT2D eigenvalue weighted by Crippen LogP contribution is -2.41. The second-order valence-electron chi connectivity index (χ2n) is 6.15. The average Bonchev–Trinajstić information content (AvgIpc) is 3.17. The smallest absolute Gasteiger partial charge is 0.324 e. The van der Waals surface area contributed by atoms with Gasteiger partial charge >= 0.3 is 5.82 Å². The highest BCUT2D eigenvalue weighted by Gasteiger charge is 2.48. The first-order valence-corrected chi connectivity index (χ1v) is 7.61. The van der Waals surface area contributed by atoms with Gasteiger partial charge in [0, 0.05) is 12.6 Å². The number of hydrogen-bond donors (Lipinski definition) is 1. The zero-order chi connectivity index (χ0) is 16.0.